The van der Waals surface area contributed by atoms with E-state index < -0.39 is 0 Å². The van der Waals surface area contributed by atoms with E-state index in [0.29, 0.717) is 11.6 Å². The van der Waals surface area contributed by atoms with Gasteiger partial charge in [-0.2, -0.15) is 5.10 Å². The van der Waals surface area contributed by atoms with Crippen LogP contribution >= 0.6 is 0 Å². The summed E-state index contributed by atoms with van der Waals surface area (Å²) in [5, 5.41) is 7.71. The summed E-state index contributed by atoms with van der Waals surface area (Å²) < 4.78 is 7.13. The number of methoxy groups -OCH3 is 1. The fourth-order valence-electron chi connectivity index (χ4n) is 3.34. The lowest BCUT2D eigenvalue weighted by Crippen LogP contribution is -2.40. The van der Waals surface area contributed by atoms with Crippen molar-refractivity contribution in [1.82, 2.24) is 20.0 Å². The molecule has 0 unspecified atom stereocenters. The molecule has 0 aliphatic carbocycles. The Morgan fingerprint density at radius 3 is 2.76 bits per heavy atom. The summed E-state index contributed by atoms with van der Waals surface area (Å²) in [4.78, 5) is 14.6. The van der Waals surface area contributed by atoms with Crippen LogP contribution in [-0.4, -0.2) is 54.4 Å². The number of piperidine rings is 1. The second-order valence-electron chi connectivity index (χ2n) is 6.61. The molecule has 1 fully saturated rings. The Hall–Kier alpha value is -2.34. The molecule has 0 spiro atoms. The van der Waals surface area contributed by atoms with E-state index in [1.807, 2.05) is 43.3 Å². The van der Waals surface area contributed by atoms with Gasteiger partial charge in [-0.25, -0.2) is 4.68 Å². The van der Waals surface area contributed by atoms with E-state index in [0.717, 1.165) is 49.5 Å². The lowest BCUT2D eigenvalue weighted by molar-refractivity contribution is 0.0684. The maximum Gasteiger partial charge on any atom is 0.274 e. The monoisotopic (exact) mass is 342 g/mol. The third-order valence-electron chi connectivity index (χ3n) is 4.78. The largest absolute Gasteiger partial charge is 0.494 e. The van der Waals surface area contributed by atoms with Crippen LogP contribution < -0.4 is 10.1 Å². The fourth-order valence-corrected chi connectivity index (χ4v) is 3.34. The van der Waals surface area contributed by atoms with Crippen molar-refractivity contribution in [1.29, 1.82) is 0 Å². The van der Waals surface area contributed by atoms with Crippen molar-refractivity contribution < 1.29 is 9.53 Å². The van der Waals surface area contributed by atoms with Gasteiger partial charge in [-0.15, -0.1) is 0 Å². The van der Waals surface area contributed by atoms with E-state index in [1.54, 1.807) is 17.9 Å². The third kappa shape index (κ3) is 3.85. The van der Waals surface area contributed by atoms with Crippen molar-refractivity contribution >= 4 is 5.91 Å². The predicted octanol–water partition coefficient (Wildman–Crippen LogP) is 2.26. The van der Waals surface area contributed by atoms with Gasteiger partial charge in [0.1, 0.15) is 11.4 Å². The van der Waals surface area contributed by atoms with Crippen LogP contribution in [0, 0.1) is 12.8 Å². The van der Waals surface area contributed by atoms with E-state index in [-0.39, 0.29) is 5.91 Å². The quantitative estimate of drug-likeness (QED) is 0.905. The smallest absolute Gasteiger partial charge is 0.274 e. The van der Waals surface area contributed by atoms with Crippen molar-refractivity contribution in [2.24, 2.45) is 5.92 Å². The lowest BCUT2D eigenvalue weighted by atomic mass is 9.97. The highest BCUT2D eigenvalue weighted by molar-refractivity contribution is 5.92. The number of carbonyl (C=O) groups excluding carboxylic acids is 1. The summed E-state index contributed by atoms with van der Waals surface area (Å²) in [5.74, 6) is 1.40. The van der Waals surface area contributed by atoms with Gasteiger partial charge in [0.15, 0.2) is 5.69 Å². The van der Waals surface area contributed by atoms with Gasteiger partial charge in [-0.05, 0) is 63.0 Å². The Labute approximate surface area is 148 Å². The molecule has 2 aromatic rings. The molecule has 0 bridgehead atoms. The number of hydrogen-bond donors (Lipinski definition) is 1. The SMILES string of the molecule is CNCC1CCN(C(=O)c2ccn(-c3cc(C)ccc3OC)n2)CC1. The number of rotatable bonds is 5. The number of aryl methyl sites for hydroxylation is 1. The Morgan fingerprint density at radius 2 is 2.08 bits per heavy atom. The molecule has 0 saturated carbocycles. The maximum absolute atomic E-state index is 12.7. The van der Waals surface area contributed by atoms with Gasteiger partial charge < -0.3 is 15.0 Å². The standard InChI is InChI=1S/C19H26N4O2/c1-14-4-5-18(25-3)17(12-14)23-11-8-16(21-23)19(24)22-9-6-15(7-10-22)13-20-2/h4-5,8,11-12,15,20H,6-7,9-10,13H2,1-3H3. The Morgan fingerprint density at radius 1 is 1.32 bits per heavy atom. The van der Waals surface area contributed by atoms with Crippen LogP contribution in [0.5, 0.6) is 5.75 Å². The molecule has 1 aromatic heterocycles. The van der Waals surface area contributed by atoms with Gasteiger partial charge in [0.05, 0.1) is 7.11 Å². The van der Waals surface area contributed by atoms with Crippen LogP contribution in [0.15, 0.2) is 30.5 Å². The molecule has 1 aromatic carbocycles. The number of ether oxygens (including phenoxy) is 1. The summed E-state index contributed by atoms with van der Waals surface area (Å²) in [6.07, 6.45) is 3.90. The Bertz CT molecular complexity index is 733. The predicted molar refractivity (Wildman–Crippen MR) is 97.4 cm³/mol. The lowest BCUT2D eigenvalue weighted by Gasteiger charge is -2.31. The van der Waals surface area contributed by atoms with Crippen molar-refractivity contribution in [3.63, 3.8) is 0 Å². The third-order valence-corrected chi connectivity index (χ3v) is 4.78. The summed E-state index contributed by atoms with van der Waals surface area (Å²) in [6, 6.07) is 7.70. The summed E-state index contributed by atoms with van der Waals surface area (Å²) >= 11 is 0. The molecule has 0 radical (unpaired) electrons. The van der Waals surface area contributed by atoms with E-state index in [9.17, 15) is 4.79 Å². The Balaban J connectivity index is 1.74. The maximum atomic E-state index is 12.7. The molecule has 134 valence electrons. The highest BCUT2D eigenvalue weighted by Crippen LogP contribution is 2.24. The molecule has 3 rings (SSSR count). The zero-order chi connectivity index (χ0) is 17.8. The van der Waals surface area contributed by atoms with Gasteiger partial charge in [-0.3, -0.25) is 4.79 Å². The van der Waals surface area contributed by atoms with Gasteiger partial charge in [0.2, 0.25) is 0 Å². The second kappa shape index (κ2) is 7.70. The number of nitrogens with zero attached hydrogens (tertiary/aromatic N) is 3. The van der Waals surface area contributed by atoms with Crippen LogP contribution in [0.2, 0.25) is 0 Å². The molecule has 1 aliphatic rings. The minimum Gasteiger partial charge on any atom is -0.494 e. The van der Waals surface area contributed by atoms with Crippen LogP contribution in [-0.2, 0) is 0 Å². The van der Waals surface area contributed by atoms with Crippen molar-refractivity contribution in [2.45, 2.75) is 19.8 Å². The molecule has 1 amide bonds. The molecular weight excluding hydrogens is 316 g/mol. The molecule has 1 saturated heterocycles. The second-order valence-corrected chi connectivity index (χ2v) is 6.61. The molecule has 0 atom stereocenters. The molecular formula is C19H26N4O2. The normalized spacial score (nSPS) is 15.4. The average Bonchev–Trinajstić information content (AvgIpc) is 3.12. The number of aromatic nitrogens is 2. The summed E-state index contributed by atoms with van der Waals surface area (Å²) in [5.41, 5.74) is 2.44. The van der Waals surface area contributed by atoms with Gasteiger partial charge >= 0.3 is 0 Å². The zero-order valence-corrected chi connectivity index (χ0v) is 15.2. The van der Waals surface area contributed by atoms with E-state index in [1.165, 1.54) is 0 Å². The zero-order valence-electron chi connectivity index (χ0n) is 15.2. The number of hydrogen-bond acceptors (Lipinski definition) is 4. The van der Waals surface area contributed by atoms with Crippen LogP contribution in [0.3, 0.4) is 0 Å². The van der Waals surface area contributed by atoms with E-state index >= 15 is 0 Å². The Kier molecular flexibility index (Phi) is 5.38. The first-order chi connectivity index (χ1) is 12.1. The van der Waals surface area contributed by atoms with E-state index in [2.05, 4.69) is 10.4 Å². The molecule has 6 heteroatoms. The van der Waals surface area contributed by atoms with Crippen molar-refractivity contribution in [3.05, 3.63) is 41.7 Å². The number of likely N-dealkylation sites (tertiary alicyclic amines) is 1. The molecule has 1 aliphatic heterocycles. The highest BCUT2D eigenvalue weighted by atomic mass is 16.5. The van der Waals surface area contributed by atoms with Crippen molar-refractivity contribution in [2.75, 3.05) is 33.8 Å². The minimum absolute atomic E-state index is 0.00766. The van der Waals surface area contributed by atoms with Crippen molar-refractivity contribution in [3.8, 4) is 11.4 Å². The average molecular weight is 342 g/mol. The first-order valence-corrected chi connectivity index (χ1v) is 8.77. The van der Waals surface area contributed by atoms with E-state index in [4.69, 9.17) is 4.74 Å². The van der Waals surface area contributed by atoms with Gasteiger partial charge in [0.25, 0.3) is 5.91 Å². The number of benzene rings is 1. The van der Waals surface area contributed by atoms with Gasteiger partial charge in [-0.1, -0.05) is 6.07 Å². The topological polar surface area (TPSA) is 59.4 Å². The summed E-state index contributed by atoms with van der Waals surface area (Å²) in [7, 11) is 3.61. The molecule has 1 N–H and O–H groups in total. The summed E-state index contributed by atoms with van der Waals surface area (Å²) in [6.45, 7) is 4.63. The molecule has 25 heavy (non-hydrogen) atoms. The number of nitrogens with one attached hydrogen (secondary N) is 1. The minimum atomic E-state index is 0.00766. The van der Waals surface area contributed by atoms with Crippen LogP contribution in [0.25, 0.3) is 5.69 Å². The first-order valence-electron chi connectivity index (χ1n) is 8.77. The molecule has 2 heterocycles. The fraction of sp³-hybridized carbons (Fsp3) is 0.474. The van der Waals surface area contributed by atoms with Crippen LogP contribution in [0.4, 0.5) is 0 Å². The highest BCUT2D eigenvalue weighted by Gasteiger charge is 2.24. The number of amides is 1. The first kappa shape index (κ1) is 17.5. The number of carbonyl (C=O) groups is 1. The molecule has 6 nitrogen and oxygen atoms in total. The van der Waals surface area contributed by atoms with Crippen LogP contribution in [0.1, 0.15) is 28.9 Å². The van der Waals surface area contributed by atoms with Gasteiger partial charge in [0, 0.05) is 19.3 Å².